The summed E-state index contributed by atoms with van der Waals surface area (Å²) >= 11 is 5.43. The number of rotatable bonds is 4. The first-order valence-corrected chi connectivity index (χ1v) is 4.20. The molecule has 0 aromatic heterocycles. The third-order valence-electron chi connectivity index (χ3n) is 1.00. The van der Waals surface area contributed by atoms with Gasteiger partial charge in [0.05, 0.1) is 13.2 Å². The zero-order chi connectivity index (χ0) is 10.3. The molecule has 0 heterocycles. The van der Waals surface area contributed by atoms with Crippen LogP contribution in [0.25, 0.3) is 0 Å². The van der Waals surface area contributed by atoms with Gasteiger partial charge in [0.1, 0.15) is 5.03 Å². The summed E-state index contributed by atoms with van der Waals surface area (Å²) < 4.78 is 9.07. The van der Waals surface area contributed by atoms with Crippen molar-refractivity contribution < 1.29 is 19.1 Å². The Morgan fingerprint density at radius 1 is 1.23 bits per heavy atom. The average Bonchev–Trinajstić information content (AvgIpc) is 2.05. The Kier molecular flexibility index (Phi) is 5.97. The second-order valence-electron chi connectivity index (χ2n) is 1.96. The molecule has 13 heavy (non-hydrogen) atoms. The van der Waals surface area contributed by atoms with Gasteiger partial charge in [0.15, 0.2) is 0 Å². The van der Waals surface area contributed by atoms with E-state index >= 15 is 0 Å². The molecule has 0 aliphatic carbocycles. The quantitative estimate of drug-likeness (QED) is 0.513. The van der Waals surface area contributed by atoms with Gasteiger partial charge in [0, 0.05) is 6.08 Å². The predicted octanol–water partition coefficient (Wildman–Crippen LogP) is 1.24. The third kappa shape index (κ3) is 5.25. The molecule has 5 heteroatoms. The normalized spacial score (nSPS) is 10.8. The fourth-order valence-corrected chi connectivity index (χ4v) is 0.690. The van der Waals surface area contributed by atoms with Crippen molar-refractivity contribution in [3.05, 3.63) is 11.1 Å². The van der Waals surface area contributed by atoms with E-state index in [2.05, 4.69) is 9.47 Å². The van der Waals surface area contributed by atoms with Gasteiger partial charge in [-0.2, -0.15) is 0 Å². The van der Waals surface area contributed by atoms with Crippen LogP contribution >= 0.6 is 11.6 Å². The van der Waals surface area contributed by atoms with Crippen LogP contribution < -0.4 is 0 Å². The van der Waals surface area contributed by atoms with Crippen molar-refractivity contribution in [1.82, 2.24) is 0 Å². The van der Waals surface area contributed by atoms with Gasteiger partial charge in [0.2, 0.25) is 0 Å². The number of hydrogen-bond donors (Lipinski definition) is 0. The van der Waals surface area contributed by atoms with Gasteiger partial charge < -0.3 is 9.47 Å². The SMILES string of the molecule is CCOC(=O)/C=C(/Cl)C(=O)OCC. The smallest absolute Gasteiger partial charge is 0.350 e. The summed E-state index contributed by atoms with van der Waals surface area (Å²) in [6.45, 7) is 3.75. The zero-order valence-corrected chi connectivity index (χ0v) is 8.26. The van der Waals surface area contributed by atoms with Gasteiger partial charge >= 0.3 is 11.9 Å². The van der Waals surface area contributed by atoms with Crippen molar-refractivity contribution in [2.24, 2.45) is 0 Å². The lowest BCUT2D eigenvalue weighted by atomic mass is 10.5. The molecule has 0 saturated carbocycles. The molecule has 0 aliphatic heterocycles. The highest BCUT2D eigenvalue weighted by Gasteiger charge is 2.09. The molecule has 0 aromatic carbocycles. The van der Waals surface area contributed by atoms with Gasteiger partial charge in [0.25, 0.3) is 0 Å². The molecule has 74 valence electrons. The van der Waals surface area contributed by atoms with Crippen LogP contribution in [-0.2, 0) is 19.1 Å². The lowest BCUT2D eigenvalue weighted by molar-refractivity contribution is -0.140. The molecule has 0 aromatic rings. The molecule has 4 nitrogen and oxygen atoms in total. The van der Waals surface area contributed by atoms with E-state index in [0.717, 1.165) is 6.08 Å². The van der Waals surface area contributed by atoms with Crippen LogP contribution in [0.1, 0.15) is 13.8 Å². The minimum atomic E-state index is -0.725. The Morgan fingerprint density at radius 3 is 2.23 bits per heavy atom. The van der Waals surface area contributed by atoms with E-state index < -0.39 is 11.9 Å². The molecular formula is C8H11ClO4. The van der Waals surface area contributed by atoms with Crippen LogP contribution in [0.2, 0.25) is 0 Å². The highest BCUT2D eigenvalue weighted by Crippen LogP contribution is 2.04. The number of hydrogen-bond acceptors (Lipinski definition) is 4. The lowest BCUT2D eigenvalue weighted by Gasteiger charge is -1.99. The molecule has 0 radical (unpaired) electrons. The molecular weight excluding hydrogens is 196 g/mol. The highest BCUT2D eigenvalue weighted by molar-refractivity contribution is 6.42. The first-order valence-electron chi connectivity index (χ1n) is 3.82. The molecule has 0 bridgehead atoms. The summed E-state index contributed by atoms with van der Waals surface area (Å²) in [5.74, 6) is -1.38. The van der Waals surface area contributed by atoms with Crippen LogP contribution in [0.5, 0.6) is 0 Å². The summed E-state index contributed by atoms with van der Waals surface area (Å²) in [4.78, 5) is 21.6. The number of halogens is 1. The van der Waals surface area contributed by atoms with E-state index in [1.165, 1.54) is 0 Å². The Balaban J connectivity index is 4.14. The van der Waals surface area contributed by atoms with Crippen molar-refractivity contribution in [3.63, 3.8) is 0 Å². The molecule has 0 aliphatic rings. The van der Waals surface area contributed by atoms with Crippen LogP contribution in [0.15, 0.2) is 11.1 Å². The van der Waals surface area contributed by atoms with Crippen LogP contribution in [0, 0.1) is 0 Å². The summed E-state index contributed by atoms with van der Waals surface area (Å²) in [6.07, 6.45) is 0.892. The highest BCUT2D eigenvalue weighted by atomic mass is 35.5. The van der Waals surface area contributed by atoms with Gasteiger partial charge in [-0.1, -0.05) is 11.6 Å². The summed E-state index contributed by atoms with van der Waals surface area (Å²) in [5.41, 5.74) is 0. The molecule has 0 fully saturated rings. The van der Waals surface area contributed by atoms with E-state index in [0.29, 0.717) is 0 Å². The Labute approximate surface area is 81.5 Å². The molecule has 0 amide bonds. The standard InChI is InChI=1S/C8H11ClO4/c1-3-12-7(10)5-6(9)8(11)13-4-2/h5H,3-4H2,1-2H3/b6-5+. The maximum atomic E-state index is 10.9. The fourth-order valence-electron chi connectivity index (χ4n) is 0.546. The average molecular weight is 207 g/mol. The van der Waals surface area contributed by atoms with E-state index in [-0.39, 0.29) is 18.2 Å². The molecule has 0 saturated heterocycles. The zero-order valence-electron chi connectivity index (χ0n) is 7.50. The lowest BCUT2D eigenvalue weighted by Crippen LogP contribution is -2.07. The first-order chi connectivity index (χ1) is 6.11. The number of ether oxygens (including phenoxy) is 2. The van der Waals surface area contributed by atoms with Gasteiger partial charge in [-0.05, 0) is 13.8 Å². The molecule has 0 rings (SSSR count). The second-order valence-corrected chi connectivity index (χ2v) is 2.37. The van der Waals surface area contributed by atoms with E-state index in [9.17, 15) is 9.59 Å². The third-order valence-corrected chi connectivity index (χ3v) is 1.27. The first kappa shape index (κ1) is 12.0. The van der Waals surface area contributed by atoms with Crippen LogP contribution in [0.4, 0.5) is 0 Å². The number of carbonyl (C=O) groups excluding carboxylic acids is 2. The van der Waals surface area contributed by atoms with Crippen molar-refractivity contribution in [1.29, 1.82) is 0 Å². The summed E-state index contributed by atoms with van der Waals surface area (Å²) in [5, 5.41) is -0.277. The summed E-state index contributed by atoms with van der Waals surface area (Å²) in [6, 6.07) is 0. The van der Waals surface area contributed by atoms with Crippen molar-refractivity contribution >= 4 is 23.5 Å². The molecule has 0 atom stereocenters. The topological polar surface area (TPSA) is 52.6 Å². The van der Waals surface area contributed by atoms with Gasteiger partial charge in [-0.15, -0.1) is 0 Å². The van der Waals surface area contributed by atoms with Crippen LogP contribution in [0.3, 0.4) is 0 Å². The van der Waals surface area contributed by atoms with Gasteiger partial charge in [-0.25, -0.2) is 9.59 Å². The minimum Gasteiger partial charge on any atom is -0.463 e. The Morgan fingerprint density at radius 2 is 1.77 bits per heavy atom. The van der Waals surface area contributed by atoms with Crippen molar-refractivity contribution in [2.75, 3.05) is 13.2 Å². The minimum absolute atomic E-state index is 0.214. The molecule has 0 N–H and O–H groups in total. The number of esters is 2. The van der Waals surface area contributed by atoms with Crippen LogP contribution in [-0.4, -0.2) is 25.2 Å². The number of carbonyl (C=O) groups is 2. The Hall–Kier alpha value is -1.03. The molecule has 0 spiro atoms. The van der Waals surface area contributed by atoms with Crippen molar-refractivity contribution in [3.8, 4) is 0 Å². The monoisotopic (exact) mass is 206 g/mol. The second kappa shape index (κ2) is 6.48. The largest absolute Gasteiger partial charge is 0.463 e. The predicted molar refractivity (Wildman–Crippen MR) is 47.2 cm³/mol. The van der Waals surface area contributed by atoms with Crippen molar-refractivity contribution in [2.45, 2.75) is 13.8 Å². The van der Waals surface area contributed by atoms with Gasteiger partial charge in [-0.3, -0.25) is 0 Å². The van der Waals surface area contributed by atoms with E-state index in [4.69, 9.17) is 11.6 Å². The maximum absolute atomic E-state index is 10.9. The summed E-state index contributed by atoms with van der Waals surface area (Å²) in [7, 11) is 0. The van der Waals surface area contributed by atoms with E-state index in [1.54, 1.807) is 13.8 Å². The maximum Gasteiger partial charge on any atom is 0.350 e. The van der Waals surface area contributed by atoms with E-state index in [1.807, 2.05) is 0 Å². The Bertz CT molecular complexity index is 222. The molecule has 0 unspecified atom stereocenters. The fraction of sp³-hybridized carbons (Fsp3) is 0.500.